The normalized spacial score (nSPS) is 10.6. The number of aryl methyl sites for hydroxylation is 3. The molecule has 3 heteroatoms. The molecule has 2 aromatic carbocycles. The predicted molar refractivity (Wildman–Crippen MR) is 74.3 cm³/mol. The molecule has 0 saturated carbocycles. The Morgan fingerprint density at radius 1 is 0.947 bits per heavy atom. The zero-order valence-electron chi connectivity index (χ0n) is 11.3. The minimum atomic E-state index is -0.421. The van der Waals surface area contributed by atoms with E-state index in [-0.39, 0.29) is 6.54 Å². The summed E-state index contributed by atoms with van der Waals surface area (Å²) in [4.78, 5) is 0. The van der Waals surface area contributed by atoms with Crippen LogP contribution in [-0.2, 0) is 6.54 Å². The molecule has 0 aliphatic heterocycles. The monoisotopic (exact) mass is 261 g/mol. The summed E-state index contributed by atoms with van der Waals surface area (Å²) in [5, 5.41) is 3.19. The zero-order chi connectivity index (χ0) is 14.0. The molecule has 0 bridgehead atoms. The van der Waals surface area contributed by atoms with Crippen LogP contribution >= 0.6 is 0 Å². The molecule has 0 atom stereocenters. The number of anilines is 1. The first-order valence-electron chi connectivity index (χ1n) is 6.23. The summed E-state index contributed by atoms with van der Waals surface area (Å²) in [5.41, 5.74) is 4.72. The fraction of sp³-hybridized carbons (Fsp3) is 0.250. The average molecular weight is 261 g/mol. The molecule has 1 nitrogen and oxygen atoms in total. The van der Waals surface area contributed by atoms with Gasteiger partial charge in [-0.05, 0) is 50.1 Å². The Bertz CT molecular complexity index is 583. The van der Waals surface area contributed by atoms with Crippen molar-refractivity contribution in [1.82, 2.24) is 0 Å². The second-order valence-corrected chi connectivity index (χ2v) is 4.86. The molecule has 0 unspecified atom stereocenters. The minimum Gasteiger partial charge on any atom is -0.380 e. The smallest absolute Gasteiger partial charge is 0.128 e. The van der Waals surface area contributed by atoms with E-state index in [1.165, 1.54) is 11.6 Å². The zero-order valence-corrected chi connectivity index (χ0v) is 11.3. The molecule has 0 aliphatic carbocycles. The van der Waals surface area contributed by atoms with Gasteiger partial charge in [-0.2, -0.15) is 0 Å². The Hall–Kier alpha value is -1.90. The van der Waals surface area contributed by atoms with Gasteiger partial charge in [-0.15, -0.1) is 0 Å². The van der Waals surface area contributed by atoms with Crippen molar-refractivity contribution in [3.63, 3.8) is 0 Å². The Kier molecular flexibility index (Phi) is 3.84. The number of rotatable bonds is 3. The third-order valence-corrected chi connectivity index (χ3v) is 3.14. The average Bonchev–Trinajstić information content (AvgIpc) is 2.32. The van der Waals surface area contributed by atoms with Gasteiger partial charge in [-0.3, -0.25) is 0 Å². The standard InChI is InChI=1S/C16H17F2N/c1-10-6-11(2)16(12(3)7-10)19-9-13-8-14(17)4-5-15(13)18/h4-8,19H,9H2,1-3H3. The van der Waals surface area contributed by atoms with Crippen LogP contribution in [0.1, 0.15) is 22.3 Å². The van der Waals surface area contributed by atoms with Crippen LogP contribution in [0.5, 0.6) is 0 Å². The molecule has 0 aliphatic rings. The van der Waals surface area contributed by atoms with E-state index in [9.17, 15) is 8.78 Å². The Labute approximate surface area is 112 Å². The lowest BCUT2D eigenvalue weighted by molar-refractivity contribution is 0.587. The highest BCUT2D eigenvalue weighted by Gasteiger charge is 2.07. The van der Waals surface area contributed by atoms with E-state index in [1.54, 1.807) is 0 Å². The van der Waals surface area contributed by atoms with Crippen molar-refractivity contribution in [3.8, 4) is 0 Å². The molecule has 0 aromatic heterocycles. The number of benzene rings is 2. The van der Waals surface area contributed by atoms with E-state index in [0.717, 1.165) is 28.9 Å². The minimum absolute atomic E-state index is 0.272. The lowest BCUT2D eigenvalue weighted by atomic mass is 10.0. The number of halogens is 2. The van der Waals surface area contributed by atoms with Crippen LogP contribution in [0.3, 0.4) is 0 Å². The highest BCUT2D eigenvalue weighted by Crippen LogP contribution is 2.23. The van der Waals surface area contributed by atoms with E-state index < -0.39 is 11.6 Å². The summed E-state index contributed by atoms with van der Waals surface area (Å²) in [6.07, 6.45) is 0. The summed E-state index contributed by atoms with van der Waals surface area (Å²) in [5.74, 6) is -0.813. The third kappa shape index (κ3) is 3.11. The Balaban J connectivity index is 2.21. The van der Waals surface area contributed by atoms with Gasteiger partial charge in [0, 0.05) is 17.8 Å². The molecule has 0 saturated heterocycles. The van der Waals surface area contributed by atoms with E-state index >= 15 is 0 Å². The molecule has 0 spiro atoms. The van der Waals surface area contributed by atoms with Crippen molar-refractivity contribution in [2.24, 2.45) is 0 Å². The molecule has 0 fully saturated rings. The third-order valence-electron chi connectivity index (χ3n) is 3.14. The highest BCUT2D eigenvalue weighted by atomic mass is 19.1. The van der Waals surface area contributed by atoms with Crippen LogP contribution in [0.2, 0.25) is 0 Å². The maximum atomic E-state index is 13.5. The first-order valence-corrected chi connectivity index (χ1v) is 6.23. The van der Waals surface area contributed by atoms with Crippen LogP contribution in [0.4, 0.5) is 14.5 Å². The van der Waals surface area contributed by atoms with Gasteiger partial charge in [0.25, 0.3) is 0 Å². The van der Waals surface area contributed by atoms with Gasteiger partial charge in [0.2, 0.25) is 0 Å². The fourth-order valence-corrected chi connectivity index (χ4v) is 2.32. The van der Waals surface area contributed by atoms with Gasteiger partial charge >= 0.3 is 0 Å². The molecule has 2 aromatic rings. The van der Waals surface area contributed by atoms with E-state index in [4.69, 9.17) is 0 Å². The van der Waals surface area contributed by atoms with Crippen LogP contribution in [-0.4, -0.2) is 0 Å². The second kappa shape index (κ2) is 5.39. The lowest BCUT2D eigenvalue weighted by Gasteiger charge is -2.14. The van der Waals surface area contributed by atoms with Gasteiger partial charge in [0.05, 0.1) is 0 Å². The van der Waals surface area contributed by atoms with Gasteiger partial charge in [-0.1, -0.05) is 17.7 Å². The van der Waals surface area contributed by atoms with Crippen molar-refractivity contribution in [2.45, 2.75) is 27.3 Å². The van der Waals surface area contributed by atoms with Crippen LogP contribution in [0.15, 0.2) is 30.3 Å². The van der Waals surface area contributed by atoms with Crippen molar-refractivity contribution in [2.75, 3.05) is 5.32 Å². The van der Waals surface area contributed by atoms with Crippen molar-refractivity contribution >= 4 is 5.69 Å². The summed E-state index contributed by atoms with van der Waals surface area (Å²) in [6, 6.07) is 7.64. The lowest BCUT2D eigenvalue weighted by Crippen LogP contribution is -2.05. The van der Waals surface area contributed by atoms with Gasteiger partial charge < -0.3 is 5.32 Å². The maximum absolute atomic E-state index is 13.5. The van der Waals surface area contributed by atoms with Gasteiger partial charge in [-0.25, -0.2) is 8.78 Å². The summed E-state index contributed by atoms with van der Waals surface area (Å²) in [7, 11) is 0. The van der Waals surface area contributed by atoms with Gasteiger partial charge in [0.15, 0.2) is 0 Å². The molecule has 19 heavy (non-hydrogen) atoms. The molecule has 100 valence electrons. The second-order valence-electron chi connectivity index (χ2n) is 4.86. The molecule has 2 rings (SSSR count). The quantitative estimate of drug-likeness (QED) is 0.857. The fourth-order valence-electron chi connectivity index (χ4n) is 2.32. The first-order chi connectivity index (χ1) is 8.97. The Morgan fingerprint density at radius 2 is 1.58 bits per heavy atom. The summed E-state index contributed by atoms with van der Waals surface area (Å²) >= 11 is 0. The SMILES string of the molecule is Cc1cc(C)c(NCc2cc(F)ccc2F)c(C)c1. The Morgan fingerprint density at radius 3 is 2.21 bits per heavy atom. The summed E-state index contributed by atoms with van der Waals surface area (Å²) < 4.78 is 26.6. The molecule has 0 heterocycles. The van der Waals surface area contributed by atoms with E-state index in [0.29, 0.717) is 5.56 Å². The molecule has 1 N–H and O–H groups in total. The molecule has 0 amide bonds. The number of hydrogen-bond acceptors (Lipinski definition) is 1. The predicted octanol–water partition coefficient (Wildman–Crippen LogP) is 4.50. The van der Waals surface area contributed by atoms with Crippen molar-refractivity contribution < 1.29 is 8.78 Å². The summed E-state index contributed by atoms with van der Waals surface area (Å²) in [6.45, 7) is 6.32. The first kappa shape index (κ1) is 13.5. The molecular formula is C16H17F2N. The van der Waals surface area contributed by atoms with Crippen LogP contribution in [0.25, 0.3) is 0 Å². The molecule has 0 radical (unpaired) electrons. The van der Waals surface area contributed by atoms with Crippen LogP contribution in [0, 0.1) is 32.4 Å². The maximum Gasteiger partial charge on any atom is 0.128 e. The van der Waals surface area contributed by atoms with Crippen LogP contribution < -0.4 is 5.32 Å². The van der Waals surface area contributed by atoms with Crippen molar-refractivity contribution in [1.29, 1.82) is 0 Å². The highest BCUT2D eigenvalue weighted by molar-refractivity contribution is 5.58. The van der Waals surface area contributed by atoms with Crippen molar-refractivity contribution in [3.05, 3.63) is 64.2 Å². The number of nitrogens with one attached hydrogen (secondary N) is 1. The van der Waals surface area contributed by atoms with E-state index in [2.05, 4.69) is 17.4 Å². The van der Waals surface area contributed by atoms with Gasteiger partial charge in [0.1, 0.15) is 11.6 Å². The van der Waals surface area contributed by atoms with E-state index in [1.807, 2.05) is 20.8 Å². The molecular weight excluding hydrogens is 244 g/mol. The number of hydrogen-bond donors (Lipinski definition) is 1. The topological polar surface area (TPSA) is 12.0 Å². The largest absolute Gasteiger partial charge is 0.380 e.